The van der Waals surface area contributed by atoms with Crippen molar-refractivity contribution in [3.8, 4) is 0 Å². The molecule has 15 heteroatoms. The number of anilines is 1. The van der Waals surface area contributed by atoms with Gasteiger partial charge in [0.05, 0.1) is 19.8 Å². The zero-order valence-corrected chi connectivity index (χ0v) is 31.1. The molecule has 1 aliphatic heterocycles. The molecule has 4 rings (SSSR count). The van der Waals surface area contributed by atoms with E-state index in [1.165, 1.54) is 19.9 Å². The Balaban J connectivity index is 0.00000162. The maximum absolute atomic E-state index is 12.9. The smallest absolute Gasteiger partial charge is 0.459 e. The molecule has 0 N–H and O–H groups in total. The molecule has 0 radical (unpaired) electrons. The molecule has 1 aliphatic rings. The van der Waals surface area contributed by atoms with Crippen LogP contribution in [-0.4, -0.2) is 60.7 Å². The number of rotatable bonds is 13. The largest absolute Gasteiger partial charge is 0.476 e. The van der Waals surface area contributed by atoms with Gasteiger partial charge in [0.2, 0.25) is 11.8 Å². The van der Waals surface area contributed by atoms with E-state index in [1.54, 1.807) is 40.1 Å². The van der Waals surface area contributed by atoms with Crippen molar-refractivity contribution in [1.29, 1.82) is 0 Å². The first kappa shape index (κ1) is 36.3. The van der Waals surface area contributed by atoms with Crippen molar-refractivity contribution in [3.63, 3.8) is 0 Å². The molecule has 0 aliphatic carbocycles. The summed E-state index contributed by atoms with van der Waals surface area (Å²) < 4.78 is 34.9. The number of carbonyl (C=O) groups excluding carboxylic acids is 2. The molecule has 0 bridgehead atoms. The minimum absolute atomic E-state index is 0.138. The lowest BCUT2D eigenvalue weighted by Crippen LogP contribution is -2.37. The molecule has 2 amide bonds. The molecule has 234 valence electrons. The SMILES string of the molecule is CCOP(=O)(OCCSI)OCN1C(=O)CCc2cc(/C=C/C(=O)N(C)Cc3oc4ccccc4c3C)cnc21.CSI. The van der Waals surface area contributed by atoms with E-state index in [4.69, 9.17) is 18.0 Å². The highest BCUT2D eigenvalue weighted by Crippen LogP contribution is 2.50. The Bertz CT molecular complexity index is 1470. The van der Waals surface area contributed by atoms with E-state index in [0.717, 1.165) is 33.4 Å². The Labute approximate surface area is 284 Å². The summed E-state index contributed by atoms with van der Waals surface area (Å²) in [6.07, 6.45) is 7.52. The molecular formula is C28H34I2N3O7PS2. The second-order valence-corrected chi connectivity index (χ2v) is 16.3. The number of phosphoric acid groups is 1. The summed E-state index contributed by atoms with van der Waals surface area (Å²) >= 11 is 4.32. The first-order valence-electron chi connectivity index (χ1n) is 13.3. The summed E-state index contributed by atoms with van der Waals surface area (Å²) in [5.41, 5.74) is 3.35. The summed E-state index contributed by atoms with van der Waals surface area (Å²) in [5, 5.41) is 1.04. The number of aryl methyl sites for hydroxylation is 2. The molecule has 0 fully saturated rings. The summed E-state index contributed by atoms with van der Waals surface area (Å²) in [4.78, 5) is 32.8. The Morgan fingerprint density at radius 2 is 1.98 bits per heavy atom. The van der Waals surface area contributed by atoms with Crippen LogP contribution in [0.5, 0.6) is 0 Å². The number of likely N-dealkylation sites (N-methyl/N-ethyl adjacent to an activating group) is 1. The monoisotopic (exact) mass is 873 g/mol. The number of amides is 2. The fourth-order valence-corrected chi connectivity index (χ4v) is 6.13. The van der Waals surface area contributed by atoms with Gasteiger partial charge in [-0.2, -0.15) is 0 Å². The Kier molecular flexibility index (Phi) is 15.3. The van der Waals surface area contributed by atoms with Gasteiger partial charge in [0.1, 0.15) is 23.9 Å². The van der Waals surface area contributed by atoms with Crippen LogP contribution in [0.4, 0.5) is 5.82 Å². The van der Waals surface area contributed by atoms with Gasteiger partial charge in [0.25, 0.3) is 0 Å². The first-order chi connectivity index (χ1) is 20.7. The topological polar surface area (TPSA) is 111 Å². The van der Waals surface area contributed by atoms with Gasteiger partial charge in [0.15, 0.2) is 0 Å². The van der Waals surface area contributed by atoms with Gasteiger partial charge >= 0.3 is 7.82 Å². The molecule has 1 atom stereocenters. The van der Waals surface area contributed by atoms with Crippen molar-refractivity contribution in [2.24, 2.45) is 0 Å². The predicted molar refractivity (Wildman–Crippen MR) is 192 cm³/mol. The van der Waals surface area contributed by atoms with Gasteiger partial charge in [-0.05, 0) is 98.3 Å². The van der Waals surface area contributed by atoms with Crippen LogP contribution in [0, 0.1) is 6.92 Å². The lowest BCUT2D eigenvalue weighted by atomic mass is 10.0. The molecule has 2 aromatic heterocycles. The number of carbonyl (C=O) groups is 2. The normalized spacial score (nSPS) is 14.4. The van der Waals surface area contributed by atoms with E-state index in [9.17, 15) is 14.2 Å². The number of aromatic nitrogens is 1. The molecule has 3 heterocycles. The summed E-state index contributed by atoms with van der Waals surface area (Å²) in [5.74, 6) is 1.39. The van der Waals surface area contributed by atoms with Crippen molar-refractivity contribution in [2.75, 3.05) is 43.9 Å². The average Bonchev–Trinajstić information content (AvgIpc) is 3.30. The van der Waals surface area contributed by atoms with Gasteiger partial charge in [0, 0.05) is 42.4 Å². The maximum atomic E-state index is 12.9. The lowest BCUT2D eigenvalue weighted by molar-refractivity contribution is -0.125. The number of benzene rings is 1. The molecule has 43 heavy (non-hydrogen) atoms. The van der Waals surface area contributed by atoms with Crippen molar-refractivity contribution < 1.29 is 32.1 Å². The van der Waals surface area contributed by atoms with Crippen LogP contribution in [-0.2, 0) is 40.7 Å². The number of hydrogen-bond donors (Lipinski definition) is 0. The zero-order valence-electron chi connectivity index (χ0n) is 24.3. The van der Waals surface area contributed by atoms with Gasteiger partial charge in [-0.25, -0.2) is 9.55 Å². The molecule has 0 saturated heterocycles. The van der Waals surface area contributed by atoms with E-state index in [2.05, 4.69) is 47.4 Å². The summed E-state index contributed by atoms with van der Waals surface area (Å²) in [6, 6.07) is 9.67. The summed E-state index contributed by atoms with van der Waals surface area (Å²) in [7, 11) is 1.12. The molecule has 0 spiro atoms. The highest BCUT2D eigenvalue weighted by Gasteiger charge is 2.32. The van der Waals surface area contributed by atoms with Crippen molar-refractivity contribution in [2.45, 2.75) is 33.2 Å². The Hall–Kier alpha value is -1.14. The third kappa shape index (κ3) is 10.4. The van der Waals surface area contributed by atoms with E-state index < -0.39 is 7.82 Å². The minimum atomic E-state index is -3.83. The van der Waals surface area contributed by atoms with Crippen LogP contribution in [0.15, 0.2) is 47.0 Å². The van der Waals surface area contributed by atoms with Gasteiger partial charge in [-0.15, -0.1) is 0 Å². The third-order valence-electron chi connectivity index (χ3n) is 6.29. The predicted octanol–water partition coefficient (Wildman–Crippen LogP) is 8.01. The number of nitrogens with zero attached hydrogens (tertiary/aromatic N) is 3. The Morgan fingerprint density at radius 1 is 1.23 bits per heavy atom. The number of hydrogen-bond acceptors (Lipinski definition) is 10. The van der Waals surface area contributed by atoms with Crippen molar-refractivity contribution in [1.82, 2.24) is 9.88 Å². The van der Waals surface area contributed by atoms with Crippen LogP contribution < -0.4 is 4.90 Å². The summed E-state index contributed by atoms with van der Waals surface area (Å²) in [6.45, 7) is 4.03. The lowest BCUT2D eigenvalue weighted by Gasteiger charge is -2.29. The van der Waals surface area contributed by atoms with Crippen molar-refractivity contribution in [3.05, 3.63) is 65.1 Å². The van der Waals surface area contributed by atoms with E-state index in [-0.39, 0.29) is 38.2 Å². The van der Waals surface area contributed by atoms with Crippen LogP contribution in [0.3, 0.4) is 0 Å². The van der Waals surface area contributed by atoms with E-state index >= 15 is 0 Å². The van der Waals surface area contributed by atoms with Crippen molar-refractivity contribution >= 4 is 103 Å². The number of halogens is 2. The highest BCUT2D eigenvalue weighted by atomic mass is 127. The van der Waals surface area contributed by atoms with Crippen LogP contribution >= 0.6 is 68.1 Å². The average molecular weight is 874 g/mol. The Morgan fingerprint density at radius 3 is 2.67 bits per heavy atom. The standard InChI is InChI=1S/C27H31IN3O7PS.CH3IS/c1-4-35-39(34,36-13-14-40-28)37-18-31-26(33)12-10-21-15-20(16-29-27(21)31)9-11-25(32)30(3)17-24-19(2)22-7-5-6-8-23(22)38-24;1-3-2/h5-9,11,15-16H,4,10,12-14,17-18H2,1-3H3;1H3/b11-9+;. The second-order valence-electron chi connectivity index (χ2n) is 9.17. The molecule has 1 aromatic carbocycles. The van der Waals surface area contributed by atoms with Crippen LogP contribution in [0.2, 0.25) is 0 Å². The molecule has 1 unspecified atom stereocenters. The quantitative estimate of drug-likeness (QED) is 0.0726. The molecule has 3 aromatic rings. The zero-order chi connectivity index (χ0) is 31.4. The fraction of sp³-hybridized carbons (Fsp3) is 0.393. The molecular weight excluding hydrogens is 839 g/mol. The van der Waals surface area contributed by atoms with E-state index in [0.29, 0.717) is 24.5 Å². The minimum Gasteiger partial charge on any atom is -0.459 e. The number of para-hydroxylation sites is 1. The third-order valence-corrected chi connectivity index (χ3v) is 9.44. The second kappa shape index (κ2) is 18.1. The fourth-order valence-electron chi connectivity index (χ4n) is 4.21. The van der Waals surface area contributed by atoms with E-state index in [1.807, 2.05) is 43.5 Å². The van der Waals surface area contributed by atoms with Crippen LogP contribution in [0.25, 0.3) is 17.0 Å². The van der Waals surface area contributed by atoms with Crippen LogP contribution in [0.1, 0.15) is 35.8 Å². The number of phosphoric ester groups is 1. The number of pyridine rings is 1. The number of furan rings is 1. The first-order valence-corrected chi connectivity index (χ1v) is 22.0. The maximum Gasteiger partial charge on any atom is 0.476 e. The van der Waals surface area contributed by atoms with Gasteiger partial charge < -0.3 is 9.32 Å². The highest BCUT2D eigenvalue weighted by molar-refractivity contribution is 14.2. The molecule has 10 nitrogen and oxygen atoms in total. The molecule has 0 saturated carbocycles. The van der Waals surface area contributed by atoms with Gasteiger partial charge in [-0.3, -0.25) is 28.1 Å². The number of fused-ring (bicyclic) bond motifs is 2. The van der Waals surface area contributed by atoms with Gasteiger partial charge in [-0.1, -0.05) is 36.1 Å².